The minimum absolute atomic E-state index is 1.03. The van der Waals surface area contributed by atoms with Crippen LogP contribution in [0.1, 0.15) is 12.6 Å². The second-order valence-corrected chi connectivity index (χ2v) is 3.28. The molecule has 0 spiro atoms. The molecule has 66 valence electrons. The van der Waals surface area contributed by atoms with Gasteiger partial charge in [0.1, 0.15) is 6.54 Å². The van der Waals surface area contributed by atoms with E-state index in [9.17, 15) is 0 Å². The van der Waals surface area contributed by atoms with Crippen LogP contribution in [0.15, 0.2) is 36.4 Å². The van der Waals surface area contributed by atoms with Gasteiger partial charge in [-0.05, 0) is 19.1 Å². The molecule has 0 aliphatic heterocycles. The number of rotatable bonds is 1. The fourth-order valence-electron chi connectivity index (χ4n) is 1.78. The van der Waals surface area contributed by atoms with Crippen LogP contribution in [0.5, 0.6) is 0 Å². The first-order valence-corrected chi connectivity index (χ1v) is 4.71. The number of hydrogen-bond acceptors (Lipinski definition) is 0. The molecule has 1 aromatic carbocycles. The molecule has 0 N–H and O–H groups in total. The van der Waals surface area contributed by atoms with Crippen molar-refractivity contribution in [3.05, 3.63) is 42.1 Å². The SMILES string of the molecule is CC[n+]1c(C)ccc2ccccc21. The largest absolute Gasteiger partial charge is 0.212 e. The van der Waals surface area contributed by atoms with Gasteiger partial charge in [-0.1, -0.05) is 12.1 Å². The molecule has 2 rings (SSSR count). The minimum atomic E-state index is 1.03. The van der Waals surface area contributed by atoms with Crippen LogP contribution < -0.4 is 4.57 Å². The van der Waals surface area contributed by atoms with E-state index in [-0.39, 0.29) is 0 Å². The summed E-state index contributed by atoms with van der Waals surface area (Å²) < 4.78 is 2.33. The monoisotopic (exact) mass is 172 g/mol. The van der Waals surface area contributed by atoms with Crippen molar-refractivity contribution >= 4 is 10.9 Å². The first kappa shape index (κ1) is 8.24. The lowest BCUT2D eigenvalue weighted by Crippen LogP contribution is -2.36. The van der Waals surface area contributed by atoms with Gasteiger partial charge in [-0.25, -0.2) is 0 Å². The zero-order chi connectivity index (χ0) is 9.26. The van der Waals surface area contributed by atoms with Gasteiger partial charge in [0.2, 0.25) is 5.52 Å². The van der Waals surface area contributed by atoms with Crippen molar-refractivity contribution in [3.63, 3.8) is 0 Å². The molecule has 0 saturated heterocycles. The van der Waals surface area contributed by atoms with Crippen LogP contribution in [-0.2, 0) is 6.54 Å². The maximum Gasteiger partial charge on any atom is 0.212 e. The maximum absolute atomic E-state index is 2.33. The Morgan fingerprint density at radius 3 is 2.62 bits per heavy atom. The highest BCUT2D eigenvalue weighted by Crippen LogP contribution is 2.09. The second-order valence-electron chi connectivity index (χ2n) is 3.28. The van der Waals surface area contributed by atoms with E-state index in [0.29, 0.717) is 0 Å². The van der Waals surface area contributed by atoms with Gasteiger partial charge in [0, 0.05) is 24.4 Å². The van der Waals surface area contributed by atoms with Gasteiger partial charge < -0.3 is 0 Å². The molecule has 0 atom stereocenters. The highest BCUT2D eigenvalue weighted by molar-refractivity contribution is 5.75. The molecule has 1 heterocycles. The average Bonchev–Trinajstić information content (AvgIpc) is 2.18. The van der Waals surface area contributed by atoms with Crippen molar-refractivity contribution in [2.45, 2.75) is 20.4 Å². The Morgan fingerprint density at radius 2 is 1.85 bits per heavy atom. The predicted molar refractivity (Wildman–Crippen MR) is 54.6 cm³/mol. The molecule has 0 amide bonds. The molecule has 0 saturated carbocycles. The normalized spacial score (nSPS) is 10.6. The molecule has 13 heavy (non-hydrogen) atoms. The third kappa shape index (κ3) is 1.31. The number of aryl methyl sites for hydroxylation is 2. The maximum atomic E-state index is 2.33. The highest BCUT2D eigenvalue weighted by atomic mass is 15.0. The molecule has 0 radical (unpaired) electrons. The molecule has 0 bridgehead atoms. The van der Waals surface area contributed by atoms with E-state index in [1.165, 1.54) is 16.6 Å². The molecule has 1 aromatic heterocycles. The quantitative estimate of drug-likeness (QED) is 0.582. The molecule has 1 heteroatoms. The summed E-state index contributed by atoms with van der Waals surface area (Å²) >= 11 is 0. The fourth-order valence-corrected chi connectivity index (χ4v) is 1.78. The lowest BCUT2D eigenvalue weighted by atomic mass is 10.2. The summed E-state index contributed by atoms with van der Waals surface area (Å²) in [6, 6.07) is 12.8. The molecular formula is C12H14N+. The summed E-state index contributed by atoms with van der Waals surface area (Å²) in [6.07, 6.45) is 0. The van der Waals surface area contributed by atoms with E-state index in [1.54, 1.807) is 0 Å². The third-order valence-corrected chi connectivity index (χ3v) is 2.47. The highest BCUT2D eigenvalue weighted by Gasteiger charge is 2.08. The second kappa shape index (κ2) is 3.17. The number of pyridine rings is 1. The zero-order valence-electron chi connectivity index (χ0n) is 8.12. The summed E-state index contributed by atoms with van der Waals surface area (Å²) in [5, 5.41) is 1.31. The zero-order valence-corrected chi connectivity index (χ0v) is 8.12. The Balaban J connectivity index is 2.84. The number of fused-ring (bicyclic) bond motifs is 1. The average molecular weight is 172 g/mol. The van der Waals surface area contributed by atoms with Gasteiger partial charge in [-0.3, -0.25) is 0 Å². The number of aromatic nitrogens is 1. The molecule has 2 aromatic rings. The molecule has 0 unspecified atom stereocenters. The smallest absolute Gasteiger partial charge is 0.196 e. The molecule has 1 nitrogen and oxygen atoms in total. The van der Waals surface area contributed by atoms with Crippen LogP contribution in [0.4, 0.5) is 0 Å². The fraction of sp³-hybridized carbons (Fsp3) is 0.250. The summed E-state index contributed by atoms with van der Waals surface area (Å²) in [5.41, 5.74) is 2.64. The number of para-hydroxylation sites is 1. The van der Waals surface area contributed by atoms with Gasteiger partial charge in [0.05, 0.1) is 0 Å². The van der Waals surface area contributed by atoms with E-state index < -0.39 is 0 Å². The van der Waals surface area contributed by atoms with E-state index >= 15 is 0 Å². The molecule has 0 fully saturated rings. The van der Waals surface area contributed by atoms with Crippen LogP contribution in [0.2, 0.25) is 0 Å². The van der Waals surface area contributed by atoms with Crippen molar-refractivity contribution < 1.29 is 4.57 Å². The van der Waals surface area contributed by atoms with Gasteiger partial charge in [-0.2, -0.15) is 4.57 Å². The molecular weight excluding hydrogens is 158 g/mol. The Labute approximate surface area is 78.6 Å². The first-order valence-electron chi connectivity index (χ1n) is 4.71. The van der Waals surface area contributed by atoms with Crippen molar-refractivity contribution in [2.75, 3.05) is 0 Å². The summed E-state index contributed by atoms with van der Waals surface area (Å²) in [4.78, 5) is 0. The van der Waals surface area contributed by atoms with Crippen molar-refractivity contribution in [1.82, 2.24) is 0 Å². The van der Waals surface area contributed by atoms with E-state index in [4.69, 9.17) is 0 Å². The Kier molecular flexibility index (Phi) is 2.01. The van der Waals surface area contributed by atoms with Gasteiger partial charge in [-0.15, -0.1) is 0 Å². The number of benzene rings is 1. The van der Waals surface area contributed by atoms with Crippen LogP contribution in [0.3, 0.4) is 0 Å². The van der Waals surface area contributed by atoms with Crippen molar-refractivity contribution in [2.24, 2.45) is 0 Å². The predicted octanol–water partition coefficient (Wildman–Crippen LogP) is 2.46. The van der Waals surface area contributed by atoms with E-state index in [1.807, 2.05) is 0 Å². The van der Waals surface area contributed by atoms with Gasteiger partial charge in [0.25, 0.3) is 0 Å². The molecule has 0 aliphatic carbocycles. The van der Waals surface area contributed by atoms with Crippen LogP contribution in [0, 0.1) is 6.92 Å². The summed E-state index contributed by atoms with van der Waals surface area (Å²) in [5.74, 6) is 0. The van der Waals surface area contributed by atoms with Gasteiger partial charge in [0.15, 0.2) is 5.69 Å². The Hall–Kier alpha value is -1.37. The van der Waals surface area contributed by atoms with Crippen LogP contribution >= 0.6 is 0 Å². The first-order chi connectivity index (χ1) is 6.33. The summed E-state index contributed by atoms with van der Waals surface area (Å²) in [6.45, 7) is 5.36. The van der Waals surface area contributed by atoms with E-state index in [0.717, 1.165) is 6.54 Å². The standard InChI is InChI=1S/C12H14N/c1-3-13-10(2)8-9-11-6-4-5-7-12(11)13/h4-9H,3H2,1-2H3/q+1. The lowest BCUT2D eigenvalue weighted by Gasteiger charge is -2.01. The third-order valence-electron chi connectivity index (χ3n) is 2.47. The summed E-state index contributed by atoms with van der Waals surface area (Å²) in [7, 11) is 0. The van der Waals surface area contributed by atoms with Crippen molar-refractivity contribution in [3.8, 4) is 0 Å². The van der Waals surface area contributed by atoms with E-state index in [2.05, 4.69) is 54.8 Å². The van der Waals surface area contributed by atoms with Crippen molar-refractivity contribution in [1.29, 1.82) is 0 Å². The number of nitrogens with zero attached hydrogens (tertiary/aromatic N) is 1. The minimum Gasteiger partial charge on any atom is -0.196 e. The number of hydrogen-bond donors (Lipinski definition) is 0. The van der Waals surface area contributed by atoms with Gasteiger partial charge >= 0.3 is 0 Å². The molecule has 0 aliphatic rings. The topological polar surface area (TPSA) is 3.88 Å². The lowest BCUT2D eigenvalue weighted by molar-refractivity contribution is -0.673. The Bertz CT molecular complexity index is 432. The van der Waals surface area contributed by atoms with Crippen LogP contribution in [-0.4, -0.2) is 0 Å². The van der Waals surface area contributed by atoms with Crippen LogP contribution in [0.25, 0.3) is 10.9 Å². The Morgan fingerprint density at radius 1 is 1.08 bits per heavy atom.